The molecule has 7 nitrogen and oxygen atoms in total. The van der Waals surface area contributed by atoms with E-state index in [4.69, 9.17) is 34.7 Å². The van der Waals surface area contributed by atoms with Gasteiger partial charge >= 0.3 is 6.18 Å². The van der Waals surface area contributed by atoms with Gasteiger partial charge in [0.25, 0.3) is 0 Å². The highest BCUT2D eigenvalue weighted by molar-refractivity contribution is 6.39. The van der Waals surface area contributed by atoms with Gasteiger partial charge in [0.15, 0.2) is 0 Å². The molecular formula is C11H23Cl3F3N7. The lowest BCUT2D eigenvalue weighted by Gasteiger charge is -2.11. The SMILES string of the molecule is CN.CN.CN.Cl.NC(N)=NNc1c(Cl)cc(C(F)(F)F)cc1Cl. The van der Waals surface area contributed by atoms with E-state index in [-0.39, 0.29) is 34.1 Å². The minimum Gasteiger partial charge on any atom is -0.369 e. The van der Waals surface area contributed by atoms with Crippen LogP contribution in [0.15, 0.2) is 17.2 Å². The lowest BCUT2D eigenvalue weighted by Crippen LogP contribution is -2.24. The minimum atomic E-state index is -4.53. The fourth-order valence-electron chi connectivity index (χ4n) is 0.964. The van der Waals surface area contributed by atoms with Gasteiger partial charge in [0.1, 0.15) is 0 Å². The molecule has 0 fully saturated rings. The Morgan fingerprint density at radius 3 is 1.54 bits per heavy atom. The van der Waals surface area contributed by atoms with Crippen LogP contribution in [0.25, 0.3) is 0 Å². The summed E-state index contributed by atoms with van der Waals surface area (Å²) in [6, 6.07) is 1.44. The molecular weight excluding hydrogens is 394 g/mol. The zero-order valence-electron chi connectivity index (χ0n) is 13.3. The van der Waals surface area contributed by atoms with Crippen LogP contribution in [0.3, 0.4) is 0 Å². The monoisotopic (exact) mass is 415 g/mol. The number of benzene rings is 1. The predicted molar refractivity (Wildman–Crippen MR) is 98.5 cm³/mol. The van der Waals surface area contributed by atoms with E-state index < -0.39 is 11.7 Å². The summed E-state index contributed by atoms with van der Waals surface area (Å²) < 4.78 is 37.2. The van der Waals surface area contributed by atoms with Crippen LogP contribution in [0, 0.1) is 0 Å². The molecule has 1 aromatic carbocycles. The maximum atomic E-state index is 12.4. The lowest BCUT2D eigenvalue weighted by atomic mass is 10.2. The second kappa shape index (κ2) is 16.7. The number of nitrogens with two attached hydrogens (primary N) is 5. The topological polar surface area (TPSA) is 154 Å². The summed E-state index contributed by atoms with van der Waals surface area (Å²) in [5.74, 6) is -0.308. The zero-order valence-corrected chi connectivity index (χ0v) is 15.6. The second-order valence-electron chi connectivity index (χ2n) is 2.96. The van der Waals surface area contributed by atoms with Gasteiger partial charge in [-0.25, -0.2) is 0 Å². The summed E-state index contributed by atoms with van der Waals surface area (Å²) in [5, 5.41) is 2.90. The van der Waals surface area contributed by atoms with E-state index in [2.05, 4.69) is 27.7 Å². The van der Waals surface area contributed by atoms with Crippen molar-refractivity contribution < 1.29 is 13.2 Å². The Morgan fingerprint density at radius 1 is 0.958 bits per heavy atom. The Bertz CT molecular complexity index is 444. The molecule has 0 aliphatic carbocycles. The van der Waals surface area contributed by atoms with E-state index >= 15 is 0 Å². The Hall–Kier alpha value is -1.17. The van der Waals surface area contributed by atoms with Gasteiger partial charge < -0.3 is 28.7 Å². The van der Waals surface area contributed by atoms with Crippen molar-refractivity contribution in [3.05, 3.63) is 27.7 Å². The number of nitrogens with zero attached hydrogens (tertiary/aromatic N) is 1. The number of anilines is 1. The molecule has 0 heterocycles. The molecule has 1 aromatic rings. The van der Waals surface area contributed by atoms with Gasteiger partial charge in [-0.1, -0.05) is 23.2 Å². The number of nitrogens with one attached hydrogen (secondary N) is 1. The summed E-state index contributed by atoms with van der Waals surface area (Å²) in [5.41, 5.74) is 24.9. The van der Waals surface area contributed by atoms with E-state index in [1.54, 1.807) is 0 Å². The second-order valence-corrected chi connectivity index (χ2v) is 3.78. The number of alkyl halides is 3. The van der Waals surface area contributed by atoms with Crippen molar-refractivity contribution in [2.24, 2.45) is 33.8 Å². The molecule has 1 rings (SSSR count). The van der Waals surface area contributed by atoms with E-state index in [9.17, 15) is 13.2 Å². The number of hydrogen-bond donors (Lipinski definition) is 6. The van der Waals surface area contributed by atoms with Crippen LogP contribution in [-0.2, 0) is 6.18 Å². The van der Waals surface area contributed by atoms with Gasteiger partial charge in [0.05, 0.1) is 21.3 Å². The van der Waals surface area contributed by atoms with Crippen molar-refractivity contribution in [3.8, 4) is 0 Å². The normalized spacial score (nSPS) is 8.62. The highest BCUT2D eigenvalue weighted by Gasteiger charge is 2.32. The van der Waals surface area contributed by atoms with Crippen molar-refractivity contribution in [2.45, 2.75) is 6.18 Å². The van der Waals surface area contributed by atoms with Crippen LogP contribution >= 0.6 is 35.6 Å². The number of rotatable bonds is 2. The predicted octanol–water partition coefficient (Wildman–Crippen LogP) is 1.76. The van der Waals surface area contributed by atoms with Crippen LogP contribution < -0.4 is 34.1 Å². The van der Waals surface area contributed by atoms with E-state index in [1.807, 2.05) is 0 Å². The first-order chi connectivity index (χ1) is 10.7. The molecule has 0 aliphatic heterocycles. The fraction of sp³-hybridized carbons (Fsp3) is 0.364. The van der Waals surface area contributed by atoms with Crippen LogP contribution in [0.5, 0.6) is 0 Å². The van der Waals surface area contributed by atoms with E-state index in [0.29, 0.717) is 0 Å². The van der Waals surface area contributed by atoms with Gasteiger partial charge in [0, 0.05) is 0 Å². The molecule has 24 heavy (non-hydrogen) atoms. The first-order valence-corrected chi connectivity index (χ1v) is 6.61. The largest absolute Gasteiger partial charge is 0.416 e. The van der Waals surface area contributed by atoms with Crippen LogP contribution in [0.4, 0.5) is 18.9 Å². The first-order valence-electron chi connectivity index (χ1n) is 5.86. The Kier molecular flexibility index (Phi) is 21.3. The number of hydrazone groups is 1. The molecule has 0 amide bonds. The third-order valence-electron chi connectivity index (χ3n) is 1.67. The van der Waals surface area contributed by atoms with E-state index in [0.717, 1.165) is 12.1 Å². The fourth-order valence-corrected chi connectivity index (χ4v) is 1.54. The van der Waals surface area contributed by atoms with E-state index in [1.165, 1.54) is 21.1 Å². The van der Waals surface area contributed by atoms with Crippen LogP contribution in [0.2, 0.25) is 10.0 Å². The average molecular weight is 417 g/mol. The van der Waals surface area contributed by atoms with Crippen LogP contribution in [0.1, 0.15) is 5.56 Å². The van der Waals surface area contributed by atoms with Crippen molar-refractivity contribution in [3.63, 3.8) is 0 Å². The molecule has 0 atom stereocenters. The maximum absolute atomic E-state index is 12.4. The molecule has 0 saturated carbocycles. The summed E-state index contributed by atoms with van der Waals surface area (Å²) in [6.45, 7) is 0. The summed E-state index contributed by atoms with van der Waals surface area (Å²) in [4.78, 5) is 0. The zero-order chi connectivity index (χ0) is 19.2. The molecule has 0 aromatic heterocycles. The van der Waals surface area contributed by atoms with Gasteiger partial charge in [-0.3, -0.25) is 5.43 Å². The summed E-state index contributed by atoms with van der Waals surface area (Å²) in [7, 11) is 4.50. The van der Waals surface area contributed by atoms with Crippen LogP contribution in [-0.4, -0.2) is 27.1 Å². The first kappa shape index (κ1) is 30.7. The maximum Gasteiger partial charge on any atom is 0.416 e. The molecule has 0 saturated heterocycles. The van der Waals surface area contributed by atoms with Gasteiger partial charge in [-0.05, 0) is 33.3 Å². The highest BCUT2D eigenvalue weighted by atomic mass is 35.5. The summed E-state index contributed by atoms with van der Waals surface area (Å²) >= 11 is 11.3. The molecule has 144 valence electrons. The molecule has 0 unspecified atom stereocenters. The Labute approximate surface area is 155 Å². The van der Waals surface area contributed by atoms with Crippen molar-refractivity contribution in [1.82, 2.24) is 0 Å². The molecule has 11 N–H and O–H groups in total. The molecule has 13 heteroatoms. The van der Waals surface area contributed by atoms with Crippen molar-refractivity contribution >= 4 is 47.3 Å². The Balaban J connectivity index is -0.000000256. The Morgan fingerprint density at radius 2 is 1.29 bits per heavy atom. The van der Waals surface area contributed by atoms with Gasteiger partial charge in [-0.2, -0.15) is 13.2 Å². The van der Waals surface area contributed by atoms with Crippen molar-refractivity contribution in [1.29, 1.82) is 0 Å². The van der Waals surface area contributed by atoms with Gasteiger partial charge in [0.2, 0.25) is 5.96 Å². The third-order valence-corrected chi connectivity index (χ3v) is 2.26. The summed E-state index contributed by atoms with van der Waals surface area (Å²) in [6.07, 6.45) is -4.53. The number of hydrogen-bond acceptors (Lipinski definition) is 5. The highest BCUT2D eigenvalue weighted by Crippen LogP contribution is 2.38. The molecule has 0 radical (unpaired) electrons. The number of halogens is 6. The standard InChI is InChI=1S/C8H7Cl2F3N4.3CH5N.ClH/c9-4-1-3(8(11,12)13)2-5(10)6(4)16-17-7(14)15;3*1-2;/h1-2,16H,(H4,14,15,17);3*2H2,1H3;1H. The number of guanidine groups is 1. The quantitative estimate of drug-likeness (QED) is 0.245. The molecule has 0 spiro atoms. The molecule has 0 aliphatic rings. The van der Waals surface area contributed by atoms with Crippen molar-refractivity contribution in [2.75, 3.05) is 26.6 Å². The molecule has 0 bridgehead atoms. The average Bonchev–Trinajstić information content (AvgIpc) is 2.51. The smallest absolute Gasteiger partial charge is 0.369 e. The third kappa shape index (κ3) is 12.3. The van der Waals surface area contributed by atoms with Gasteiger partial charge in [-0.15, -0.1) is 17.5 Å². The lowest BCUT2D eigenvalue weighted by molar-refractivity contribution is -0.137. The minimum absolute atomic E-state index is 0.